The molecule has 1 aromatic heterocycles. The molecule has 1 atom stereocenters. The number of fused-ring (bicyclic) bond motifs is 2. The van der Waals surface area contributed by atoms with Crippen molar-refractivity contribution < 1.29 is 9.53 Å². The Bertz CT molecular complexity index is 1210. The highest BCUT2D eigenvalue weighted by Crippen LogP contribution is 2.39. The molecule has 2 amide bonds. The number of ether oxygens (including phenoxy) is 1. The molecule has 1 aliphatic carbocycles. The number of hydrogen-bond acceptors (Lipinski definition) is 6. The van der Waals surface area contributed by atoms with Gasteiger partial charge in [0.05, 0.1) is 18.7 Å². The third kappa shape index (κ3) is 5.71. The summed E-state index contributed by atoms with van der Waals surface area (Å²) in [7, 11) is 1.72. The van der Waals surface area contributed by atoms with Crippen molar-refractivity contribution in [2.24, 2.45) is 0 Å². The molecular formula is C28H35N5O2S. The molecule has 5 rings (SSSR count). The Morgan fingerprint density at radius 2 is 2.00 bits per heavy atom. The smallest absolute Gasteiger partial charge is 0.319 e. The number of methoxy groups -OCH3 is 1. The van der Waals surface area contributed by atoms with Gasteiger partial charge in [0.25, 0.3) is 0 Å². The van der Waals surface area contributed by atoms with E-state index in [2.05, 4.69) is 45.3 Å². The lowest BCUT2D eigenvalue weighted by Gasteiger charge is -2.32. The van der Waals surface area contributed by atoms with Gasteiger partial charge in [-0.2, -0.15) is 11.8 Å². The van der Waals surface area contributed by atoms with E-state index in [1.165, 1.54) is 11.1 Å². The normalized spacial score (nSPS) is 18.1. The second-order valence-corrected chi connectivity index (χ2v) is 10.6. The fourth-order valence-electron chi connectivity index (χ4n) is 5.31. The van der Waals surface area contributed by atoms with E-state index in [9.17, 15) is 4.79 Å². The van der Waals surface area contributed by atoms with E-state index in [0.29, 0.717) is 0 Å². The highest BCUT2D eigenvalue weighted by Gasteiger charge is 2.26. The van der Waals surface area contributed by atoms with Crippen molar-refractivity contribution in [2.45, 2.75) is 37.8 Å². The Morgan fingerprint density at radius 1 is 1.14 bits per heavy atom. The number of anilines is 2. The van der Waals surface area contributed by atoms with Gasteiger partial charge in [-0.15, -0.1) is 0 Å². The lowest BCUT2D eigenvalue weighted by atomic mass is 10.1. The summed E-state index contributed by atoms with van der Waals surface area (Å²) in [5, 5.41) is 10.7. The summed E-state index contributed by atoms with van der Waals surface area (Å²) in [6.07, 6.45) is 6.19. The maximum atomic E-state index is 12.6. The summed E-state index contributed by atoms with van der Waals surface area (Å²) in [5.74, 6) is 2.93. The molecule has 36 heavy (non-hydrogen) atoms. The molecule has 1 saturated heterocycles. The van der Waals surface area contributed by atoms with Crippen LogP contribution in [0.2, 0.25) is 0 Å². The zero-order valence-electron chi connectivity index (χ0n) is 21.0. The van der Waals surface area contributed by atoms with E-state index in [4.69, 9.17) is 9.72 Å². The van der Waals surface area contributed by atoms with Crippen LogP contribution in [0.4, 0.5) is 16.3 Å². The Balaban J connectivity index is 1.18. The number of amides is 2. The van der Waals surface area contributed by atoms with Crippen LogP contribution in [0.25, 0.3) is 10.9 Å². The number of carbonyl (C=O) groups is 1. The zero-order valence-corrected chi connectivity index (χ0v) is 21.9. The van der Waals surface area contributed by atoms with E-state index in [1.54, 1.807) is 7.11 Å². The van der Waals surface area contributed by atoms with Crippen LogP contribution in [-0.4, -0.2) is 60.7 Å². The minimum absolute atomic E-state index is 0.142. The summed E-state index contributed by atoms with van der Waals surface area (Å²) in [6.45, 7) is 3.22. The molecule has 2 aromatic carbocycles. The van der Waals surface area contributed by atoms with Crippen molar-refractivity contribution in [2.75, 3.05) is 49.4 Å². The quantitative estimate of drug-likeness (QED) is 0.386. The van der Waals surface area contributed by atoms with E-state index >= 15 is 0 Å². The number of aryl methyl sites for hydroxylation is 1. The molecule has 0 spiro atoms. The number of pyridine rings is 1. The van der Waals surface area contributed by atoms with Crippen molar-refractivity contribution in [1.29, 1.82) is 0 Å². The van der Waals surface area contributed by atoms with Gasteiger partial charge < -0.3 is 25.6 Å². The van der Waals surface area contributed by atoms with Crippen LogP contribution >= 0.6 is 11.8 Å². The molecule has 3 N–H and O–H groups in total. The van der Waals surface area contributed by atoms with Gasteiger partial charge in [0.1, 0.15) is 11.6 Å². The number of benzene rings is 2. The number of likely N-dealkylation sites (tertiary alicyclic amines) is 1. The van der Waals surface area contributed by atoms with Gasteiger partial charge in [0.15, 0.2) is 0 Å². The number of rotatable bonds is 8. The van der Waals surface area contributed by atoms with Crippen molar-refractivity contribution in [3.63, 3.8) is 0 Å². The highest BCUT2D eigenvalue weighted by atomic mass is 32.2. The van der Waals surface area contributed by atoms with Crippen LogP contribution in [0.3, 0.4) is 0 Å². The number of piperidine rings is 1. The maximum absolute atomic E-state index is 12.6. The third-order valence-electron chi connectivity index (χ3n) is 7.23. The van der Waals surface area contributed by atoms with E-state index in [0.717, 1.165) is 79.2 Å². The van der Waals surface area contributed by atoms with Crippen LogP contribution < -0.4 is 20.7 Å². The molecule has 7 nitrogen and oxygen atoms in total. The number of thioether (sulfide) groups is 1. The van der Waals surface area contributed by atoms with Crippen LogP contribution in [-0.2, 0) is 6.42 Å². The van der Waals surface area contributed by atoms with Crippen molar-refractivity contribution in [1.82, 2.24) is 15.2 Å². The van der Waals surface area contributed by atoms with Gasteiger partial charge in [-0.25, -0.2) is 9.78 Å². The molecule has 1 aliphatic heterocycles. The first kappa shape index (κ1) is 24.7. The first-order valence-corrected chi connectivity index (χ1v) is 14.1. The molecule has 2 heterocycles. The summed E-state index contributed by atoms with van der Waals surface area (Å²) < 4.78 is 5.60. The number of nitrogens with zero attached hydrogens (tertiary/aromatic N) is 2. The Kier molecular flexibility index (Phi) is 7.82. The Morgan fingerprint density at radius 3 is 2.81 bits per heavy atom. The van der Waals surface area contributed by atoms with Crippen LogP contribution in [0, 0.1) is 0 Å². The Hall–Kier alpha value is -2.97. The first-order chi connectivity index (χ1) is 17.6. The maximum Gasteiger partial charge on any atom is 0.319 e. The average Bonchev–Trinajstić information content (AvgIpc) is 3.31. The van der Waals surface area contributed by atoms with Gasteiger partial charge in [-0.05, 0) is 73.9 Å². The lowest BCUT2D eigenvalue weighted by molar-refractivity contribution is 0.204. The standard InChI is InChI=1S/C28H35N5O2S/c1-35-25-5-3-4-19-6-9-24(27(19)25)32-26-11-7-20-18-22(8-10-23(20)31-26)30-28(34)29-21-12-14-33(15-13-21)16-17-36-2/h3-5,7-8,10-11,18,21,24H,6,9,12-17H2,1-2H3,(H,31,32)(H2,29,30,34). The van der Waals surface area contributed by atoms with Crippen LogP contribution in [0.15, 0.2) is 48.5 Å². The van der Waals surface area contributed by atoms with Gasteiger partial charge in [-0.1, -0.05) is 12.1 Å². The largest absolute Gasteiger partial charge is 0.496 e. The van der Waals surface area contributed by atoms with E-state index in [-0.39, 0.29) is 18.1 Å². The van der Waals surface area contributed by atoms with Gasteiger partial charge in [0.2, 0.25) is 0 Å². The molecule has 0 saturated carbocycles. The summed E-state index contributed by atoms with van der Waals surface area (Å²) in [4.78, 5) is 19.9. The third-order valence-corrected chi connectivity index (χ3v) is 7.82. The van der Waals surface area contributed by atoms with Crippen molar-refractivity contribution in [3.8, 4) is 5.75 Å². The van der Waals surface area contributed by atoms with Crippen LogP contribution in [0.5, 0.6) is 5.75 Å². The number of urea groups is 1. The predicted molar refractivity (Wildman–Crippen MR) is 149 cm³/mol. The number of hydrogen-bond donors (Lipinski definition) is 3. The molecule has 0 bridgehead atoms. The SMILES string of the molecule is COc1cccc2c1C(Nc1ccc3cc(NC(=O)NC4CCN(CCSC)CC4)ccc3n1)CC2. The van der Waals surface area contributed by atoms with E-state index < -0.39 is 0 Å². The Labute approximate surface area is 217 Å². The minimum Gasteiger partial charge on any atom is -0.496 e. The van der Waals surface area contributed by atoms with Gasteiger partial charge in [0, 0.05) is 48.1 Å². The second kappa shape index (κ2) is 11.4. The number of carbonyl (C=O) groups excluding carboxylic acids is 1. The molecule has 8 heteroatoms. The minimum atomic E-state index is -0.142. The summed E-state index contributed by atoms with van der Waals surface area (Å²) in [5.41, 5.74) is 4.23. The van der Waals surface area contributed by atoms with Gasteiger partial charge >= 0.3 is 6.03 Å². The van der Waals surface area contributed by atoms with E-state index in [1.807, 2.05) is 42.1 Å². The second-order valence-electron chi connectivity index (χ2n) is 9.58. The van der Waals surface area contributed by atoms with Gasteiger partial charge in [-0.3, -0.25) is 0 Å². The number of nitrogens with one attached hydrogen (secondary N) is 3. The summed E-state index contributed by atoms with van der Waals surface area (Å²) >= 11 is 1.88. The molecule has 190 valence electrons. The summed E-state index contributed by atoms with van der Waals surface area (Å²) in [6, 6.07) is 16.4. The number of aromatic nitrogens is 1. The highest BCUT2D eigenvalue weighted by molar-refractivity contribution is 7.98. The first-order valence-electron chi connectivity index (χ1n) is 12.7. The molecule has 2 aliphatic rings. The zero-order chi connectivity index (χ0) is 24.9. The van der Waals surface area contributed by atoms with Crippen molar-refractivity contribution >= 4 is 40.2 Å². The van der Waals surface area contributed by atoms with Crippen LogP contribution in [0.1, 0.15) is 36.4 Å². The topological polar surface area (TPSA) is 78.5 Å². The van der Waals surface area contributed by atoms with Crippen molar-refractivity contribution in [3.05, 3.63) is 59.7 Å². The lowest BCUT2D eigenvalue weighted by Crippen LogP contribution is -2.46. The molecule has 3 aromatic rings. The molecule has 0 radical (unpaired) electrons. The molecule has 1 fully saturated rings. The fraction of sp³-hybridized carbons (Fsp3) is 0.429. The predicted octanol–water partition coefficient (Wildman–Crippen LogP) is 5.29. The fourth-order valence-corrected chi connectivity index (χ4v) is 5.75. The average molecular weight is 506 g/mol. The molecule has 1 unspecified atom stereocenters. The monoisotopic (exact) mass is 505 g/mol. The molecular weight excluding hydrogens is 470 g/mol.